The summed E-state index contributed by atoms with van der Waals surface area (Å²) >= 11 is 0. The van der Waals surface area contributed by atoms with Gasteiger partial charge >= 0.3 is 5.97 Å². The van der Waals surface area contributed by atoms with Crippen molar-refractivity contribution in [2.24, 2.45) is 5.73 Å². The second-order valence-electron chi connectivity index (χ2n) is 4.13. The molecule has 96 valence electrons. The number of carbonyl (C=O) groups is 2. The number of likely N-dealkylation sites (tertiary alicyclic amines) is 1. The maximum atomic E-state index is 11.4. The molecular formula is C12H20N2O3. The maximum Gasteiger partial charge on any atom is 0.333 e. The molecule has 1 amide bonds. The highest BCUT2D eigenvalue weighted by Crippen LogP contribution is 2.17. The van der Waals surface area contributed by atoms with E-state index in [0.717, 1.165) is 19.4 Å². The maximum absolute atomic E-state index is 11.4. The van der Waals surface area contributed by atoms with Crippen LogP contribution in [0.15, 0.2) is 11.6 Å². The second kappa shape index (κ2) is 6.39. The average Bonchev–Trinajstić information content (AvgIpc) is 2.77. The molecule has 1 aliphatic rings. The van der Waals surface area contributed by atoms with Gasteiger partial charge in [-0.3, -0.25) is 9.69 Å². The van der Waals surface area contributed by atoms with Gasteiger partial charge in [0.1, 0.15) is 0 Å². The third kappa shape index (κ3) is 3.56. The van der Waals surface area contributed by atoms with Gasteiger partial charge in [0.25, 0.3) is 0 Å². The summed E-state index contributed by atoms with van der Waals surface area (Å²) in [6.45, 7) is 3.33. The normalized spacial score (nSPS) is 21.5. The summed E-state index contributed by atoms with van der Waals surface area (Å²) in [5.74, 6) is -0.589. The largest absolute Gasteiger partial charge is 0.466 e. The van der Waals surface area contributed by atoms with Gasteiger partial charge in [0, 0.05) is 12.1 Å². The minimum atomic E-state index is -0.303. The summed E-state index contributed by atoms with van der Waals surface area (Å²) in [4.78, 5) is 24.5. The Bertz CT molecular complexity index is 326. The molecule has 2 N–H and O–H groups in total. The van der Waals surface area contributed by atoms with Crippen LogP contribution in [0.2, 0.25) is 0 Å². The van der Waals surface area contributed by atoms with Crippen LogP contribution >= 0.6 is 0 Å². The number of nitrogens with two attached hydrogens (primary N) is 1. The van der Waals surface area contributed by atoms with Crippen molar-refractivity contribution >= 4 is 11.9 Å². The van der Waals surface area contributed by atoms with Crippen LogP contribution in [-0.4, -0.2) is 43.0 Å². The number of hydrogen-bond acceptors (Lipinski definition) is 4. The number of methoxy groups -OCH3 is 1. The molecule has 5 nitrogen and oxygen atoms in total. The van der Waals surface area contributed by atoms with E-state index in [1.807, 2.05) is 17.9 Å². The lowest BCUT2D eigenvalue weighted by atomic mass is 10.2. The van der Waals surface area contributed by atoms with Gasteiger partial charge in [-0.2, -0.15) is 0 Å². The lowest BCUT2D eigenvalue weighted by molar-refractivity contribution is -0.136. The van der Waals surface area contributed by atoms with Crippen molar-refractivity contribution in [1.82, 2.24) is 4.90 Å². The summed E-state index contributed by atoms with van der Waals surface area (Å²) in [5, 5.41) is 0. The van der Waals surface area contributed by atoms with Gasteiger partial charge in [-0.15, -0.1) is 0 Å². The Labute approximate surface area is 102 Å². The molecule has 5 heteroatoms. The van der Waals surface area contributed by atoms with E-state index in [0.29, 0.717) is 18.5 Å². The predicted molar refractivity (Wildman–Crippen MR) is 64.2 cm³/mol. The minimum Gasteiger partial charge on any atom is -0.466 e. The van der Waals surface area contributed by atoms with Crippen LogP contribution in [0.5, 0.6) is 0 Å². The summed E-state index contributed by atoms with van der Waals surface area (Å²) in [7, 11) is 1.37. The highest BCUT2D eigenvalue weighted by atomic mass is 16.5. The number of hydrogen-bond donors (Lipinski definition) is 1. The van der Waals surface area contributed by atoms with E-state index in [2.05, 4.69) is 4.74 Å². The van der Waals surface area contributed by atoms with E-state index < -0.39 is 0 Å². The Morgan fingerprint density at radius 1 is 1.53 bits per heavy atom. The van der Waals surface area contributed by atoms with Crippen molar-refractivity contribution in [1.29, 1.82) is 0 Å². The zero-order valence-electron chi connectivity index (χ0n) is 10.4. The fourth-order valence-corrected chi connectivity index (χ4v) is 2.10. The minimum absolute atomic E-state index is 0.193. The number of rotatable bonds is 5. The first-order valence-electron chi connectivity index (χ1n) is 5.90. The first-order valence-corrected chi connectivity index (χ1v) is 5.90. The Balaban J connectivity index is 2.61. The average molecular weight is 240 g/mol. The molecule has 1 fully saturated rings. The molecule has 0 radical (unpaired) electrons. The highest BCUT2D eigenvalue weighted by Gasteiger charge is 2.28. The van der Waals surface area contributed by atoms with Crippen LogP contribution in [0, 0.1) is 0 Å². The summed E-state index contributed by atoms with van der Waals surface area (Å²) in [5.41, 5.74) is 5.96. The van der Waals surface area contributed by atoms with Crippen molar-refractivity contribution in [2.75, 3.05) is 20.2 Å². The summed E-state index contributed by atoms with van der Waals surface area (Å²) in [6.07, 6.45) is 4.23. The number of esters is 1. The molecule has 0 saturated carbocycles. The number of amides is 1. The van der Waals surface area contributed by atoms with Gasteiger partial charge in [0.15, 0.2) is 0 Å². The lowest BCUT2D eigenvalue weighted by Crippen LogP contribution is -2.40. The molecule has 1 heterocycles. The molecule has 0 bridgehead atoms. The van der Waals surface area contributed by atoms with Crippen LogP contribution in [0.3, 0.4) is 0 Å². The molecule has 0 aliphatic carbocycles. The van der Waals surface area contributed by atoms with E-state index >= 15 is 0 Å². The topological polar surface area (TPSA) is 72.6 Å². The van der Waals surface area contributed by atoms with Gasteiger partial charge < -0.3 is 10.5 Å². The molecule has 1 aliphatic heterocycles. The van der Waals surface area contributed by atoms with Crippen LogP contribution in [0.4, 0.5) is 0 Å². The first-order chi connectivity index (χ1) is 8.10. The number of carbonyl (C=O) groups excluding carboxylic acids is 2. The van der Waals surface area contributed by atoms with Crippen molar-refractivity contribution in [3.63, 3.8) is 0 Å². The number of ether oxygens (including phenoxy) is 1. The quantitative estimate of drug-likeness (QED) is 0.559. The number of primary amides is 1. The van der Waals surface area contributed by atoms with Crippen molar-refractivity contribution in [3.05, 3.63) is 11.6 Å². The van der Waals surface area contributed by atoms with Crippen LogP contribution in [-0.2, 0) is 14.3 Å². The third-order valence-corrected chi connectivity index (χ3v) is 3.09. The monoisotopic (exact) mass is 240 g/mol. The SMILES string of the molecule is CCC(=CCN1CCCC1C(N)=O)C(=O)OC. The van der Waals surface area contributed by atoms with E-state index in [1.54, 1.807) is 0 Å². The van der Waals surface area contributed by atoms with Gasteiger partial charge in [0.2, 0.25) is 5.91 Å². The van der Waals surface area contributed by atoms with E-state index in [4.69, 9.17) is 5.73 Å². The van der Waals surface area contributed by atoms with Crippen LogP contribution < -0.4 is 5.73 Å². The summed E-state index contributed by atoms with van der Waals surface area (Å²) < 4.78 is 4.68. The zero-order chi connectivity index (χ0) is 12.8. The molecule has 1 atom stereocenters. The Kier molecular flexibility index (Phi) is 5.15. The standard InChI is InChI=1S/C12H20N2O3/c1-3-9(12(16)17-2)6-8-14-7-4-5-10(14)11(13)15/h6,10H,3-5,7-8H2,1-2H3,(H2,13,15). The van der Waals surface area contributed by atoms with Gasteiger partial charge in [-0.1, -0.05) is 13.0 Å². The fourth-order valence-electron chi connectivity index (χ4n) is 2.10. The second-order valence-corrected chi connectivity index (χ2v) is 4.13. The van der Waals surface area contributed by atoms with E-state index in [-0.39, 0.29) is 17.9 Å². The predicted octanol–water partition coefficient (Wildman–Crippen LogP) is 0.445. The molecular weight excluding hydrogens is 220 g/mol. The van der Waals surface area contributed by atoms with Gasteiger partial charge in [-0.05, 0) is 25.8 Å². The van der Waals surface area contributed by atoms with Crippen molar-refractivity contribution in [3.8, 4) is 0 Å². The van der Waals surface area contributed by atoms with E-state index in [9.17, 15) is 9.59 Å². The fraction of sp³-hybridized carbons (Fsp3) is 0.667. The Morgan fingerprint density at radius 2 is 2.24 bits per heavy atom. The Hall–Kier alpha value is -1.36. The van der Waals surface area contributed by atoms with Crippen molar-refractivity contribution in [2.45, 2.75) is 32.2 Å². The molecule has 1 rings (SSSR count). The summed E-state index contributed by atoms with van der Waals surface area (Å²) in [6, 6.07) is -0.193. The molecule has 0 aromatic rings. The first kappa shape index (κ1) is 13.7. The third-order valence-electron chi connectivity index (χ3n) is 3.09. The van der Waals surface area contributed by atoms with Crippen LogP contribution in [0.1, 0.15) is 26.2 Å². The van der Waals surface area contributed by atoms with Crippen LogP contribution in [0.25, 0.3) is 0 Å². The molecule has 17 heavy (non-hydrogen) atoms. The van der Waals surface area contributed by atoms with Crippen molar-refractivity contribution < 1.29 is 14.3 Å². The molecule has 0 spiro atoms. The zero-order valence-corrected chi connectivity index (χ0v) is 10.4. The highest BCUT2D eigenvalue weighted by molar-refractivity contribution is 5.88. The lowest BCUT2D eigenvalue weighted by Gasteiger charge is -2.20. The van der Waals surface area contributed by atoms with E-state index in [1.165, 1.54) is 7.11 Å². The molecule has 1 saturated heterocycles. The smallest absolute Gasteiger partial charge is 0.333 e. The molecule has 0 aromatic carbocycles. The van der Waals surface area contributed by atoms with Gasteiger partial charge in [0.05, 0.1) is 13.2 Å². The Morgan fingerprint density at radius 3 is 2.76 bits per heavy atom. The molecule has 1 unspecified atom stereocenters. The van der Waals surface area contributed by atoms with Gasteiger partial charge in [-0.25, -0.2) is 4.79 Å². The number of nitrogens with zero attached hydrogens (tertiary/aromatic N) is 1. The molecule has 0 aromatic heterocycles.